The van der Waals surface area contributed by atoms with Gasteiger partial charge in [0.1, 0.15) is 5.75 Å². The number of rotatable bonds is 6. The molecule has 1 aromatic carbocycles. The molecule has 2 atom stereocenters. The Hall–Kier alpha value is -1.02. The van der Waals surface area contributed by atoms with Crippen LogP contribution in [0.25, 0.3) is 0 Å². The maximum absolute atomic E-state index is 5.55. The second-order valence-corrected chi connectivity index (χ2v) is 4.87. The van der Waals surface area contributed by atoms with E-state index in [0.29, 0.717) is 24.5 Å². The van der Waals surface area contributed by atoms with Gasteiger partial charge >= 0.3 is 0 Å². The first kappa shape index (κ1) is 14.0. The van der Waals surface area contributed by atoms with E-state index in [4.69, 9.17) is 4.74 Å². The smallest absolute Gasteiger partial charge is 0.119 e. The summed E-state index contributed by atoms with van der Waals surface area (Å²) in [7, 11) is 2.02. The molecule has 0 radical (unpaired) electrons. The third-order valence-corrected chi connectivity index (χ3v) is 3.42. The molecular formula is C15H25NO. The molecule has 1 rings (SSSR count). The highest BCUT2D eigenvalue weighted by Gasteiger charge is 2.20. The summed E-state index contributed by atoms with van der Waals surface area (Å²) in [6.07, 6.45) is 0. The minimum absolute atomic E-state index is 0.385. The molecule has 0 saturated carbocycles. The third-order valence-electron chi connectivity index (χ3n) is 3.42. The van der Waals surface area contributed by atoms with Crippen molar-refractivity contribution >= 4 is 0 Å². The molecule has 0 fully saturated rings. The van der Waals surface area contributed by atoms with Crippen molar-refractivity contribution in [2.75, 3.05) is 13.7 Å². The zero-order chi connectivity index (χ0) is 12.8. The fourth-order valence-electron chi connectivity index (χ4n) is 2.08. The first-order valence-corrected chi connectivity index (χ1v) is 6.50. The van der Waals surface area contributed by atoms with Gasteiger partial charge in [-0.3, -0.25) is 0 Å². The van der Waals surface area contributed by atoms with Gasteiger partial charge in [0.05, 0.1) is 6.61 Å². The van der Waals surface area contributed by atoms with E-state index in [9.17, 15) is 0 Å². The normalized spacial score (nSPS) is 14.7. The van der Waals surface area contributed by atoms with Gasteiger partial charge in [-0.05, 0) is 43.5 Å². The van der Waals surface area contributed by atoms with E-state index in [2.05, 4.69) is 44.3 Å². The van der Waals surface area contributed by atoms with E-state index >= 15 is 0 Å². The van der Waals surface area contributed by atoms with Crippen molar-refractivity contribution in [1.82, 2.24) is 5.32 Å². The van der Waals surface area contributed by atoms with Crippen LogP contribution in [0.1, 0.15) is 39.3 Å². The van der Waals surface area contributed by atoms with E-state index < -0.39 is 0 Å². The van der Waals surface area contributed by atoms with Gasteiger partial charge in [0.2, 0.25) is 0 Å². The summed E-state index contributed by atoms with van der Waals surface area (Å²) in [5.41, 5.74) is 1.31. The predicted octanol–water partition coefficient (Wildman–Crippen LogP) is 3.64. The maximum atomic E-state index is 5.55. The highest BCUT2D eigenvalue weighted by molar-refractivity contribution is 5.31. The van der Waals surface area contributed by atoms with Crippen LogP contribution in [0.15, 0.2) is 24.3 Å². The van der Waals surface area contributed by atoms with Crippen molar-refractivity contribution in [3.63, 3.8) is 0 Å². The lowest BCUT2D eigenvalue weighted by Gasteiger charge is -2.27. The van der Waals surface area contributed by atoms with Crippen LogP contribution in [0.3, 0.4) is 0 Å². The fourth-order valence-corrected chi connectivity index (χ4v) is 2.08. The van der Waals surface area contributed by atoms with Crippen molar-refractivity contribution in [2.45, 2.75) is 33.7 Å². The Morgan fingerprint density at radius 2 is 1.94 bits per heavy atom. The second kappa shape index (κ2) is 6.65. The van der Waals surface area contributed by atoms with Gasteiger partial charge in [0.15, 0.2) is 0 Å². The summed E-state index contributed by atoms with van der Waals surface area (Å²) < 4.78 is 5.55. The summed E-state index contributed by atoms with van der Waals surface area (Å²) in [6, 6.07) is 8.78. The Morgan fingerprint density at radius 1 is 1.24 bits per heavy atom. The molecule has 1 aromatic rings. The Bertz CT molecular complexity index is 335. The molecule has 0 heterocycles. The van der Waals surface area contributed by atoms with E-state index in [1.54, 1.807) is 0 Å². The number of benzene rings is 1. The van der Waals surface area contributed by atoms with Crippen LogP contribution in [0, 0.1) is 11.8 Å². The number of hydrogen-bond acceptors (Lipinski definition) is 2. The molecule has 0 saturated heterocycles. The van der Waals surface area contributed by atoms with E-state index in [-0.39, 0.29) is 0 Å². The largest absolute Gasteiger partial charge is 0.494 e. The summed E-state index contributed by atoms with van der Waals surface area (Å²) >= 11 is 0. The second-order valence-electron chi connectivity index (χ2n) is 4.87. The third kappa shape index (κ3) is 3.74. The Kier molecular flexibility index (Phi) is 5.49. The molecule has 0 aromatic heterocycles. The first-order valence-electron chi connectivity index (χ1n) is 6.50. The lowest BCUT2D eigenvalue weighted by Crippen LogP contribution is -2.26. The summed E-state index contributed by atoms with van der Waals surface area (Å²) in [4.78, 5) is 0. The molecule has 0 aliphatic heterocycles. The topological polar surface area (TPSA) is 21.3 Å². The molecule has 0 bridgehead atoms. The maximum Gasteiger partial charge on any atom is 0.119 e. The molecule has 96 valence electrons. The molecule has 0 spiro atoms. The predicted molar refractivity (Wildman–Crippen MR) is 73.4 cm³/mol. The highest BCUT2D eigenvalue weighted by atomic mass is 16.5. The van der Waals surface area contributed by atoms with Crippen molar-refractivity contribution in [1.29, 1.82) is 0 Å². The molecule has 2 heteroatoms. The fraction of sp³-hybridized carbons (Fsp3) is 0.600. The van der Waals surface area contributed by atoms with Gasteiger partial charge in [0.25, 0.3) is 0 Å². The van der Waals surface area contributed by atoms with Crippen LogP contribution >= 0.6 is 0 Å². The van der Waals surface area contributed by atoms with Gasteiger partial charge < -0.3 is 10.1 Å². The van der Waals surface area contributed by atoms with Crippen molar-refractivity contribution in [2.24, 2.45) is 11.8 Å². The Labute approximate surface area is 105 Å². The number of hydrogen-bond donors (Lipinski definition) is 1. The van der Waals surface area contributed by atoms with Crippen LogP contribution in [-0.4, -0.2) is 13.7 Å². The minimum Gasteiger partial charge on any atom is -0.494 e. The standard InChI is InChI=1S/C15H25NO/c1-6-17-14-9-7-8-13(10-14)15(16-5)12(4)11(2)3/h7-12,15-16H,6H2,1-5H3. The lowest BCUT2D eigenvalue weighted by atomic mass is 9.86. The minimum atomic E-state index is 0.385. The average Bonchev–Trinajstić information content (AvgIpc) is 2.30. The van der Waals surface area contributed by atoms with E-state index in [1.165, 1.54) is 5.56 Å². The summed E-state index contributed by atoms with van der Waals surface area (Å²) in [5, 5.41) is 3.41. The number of nitrogens with one attached hydrogen (secondary N) is 1. The lowest BCUT2D eigenvalue weighted by molar-refractivity contribution is 0.313. The summed E-state index contributed by atoms with van der Waals surface area (Å²) in [6.45, 7) is 9.55. The quantitative estimate of drug-likeness (QED) is 0.813. The van der Waals surface area contributed by atoms with Crippen molar-refractivity contribution in [3.05, 3.63) is 29.8 Å². The van der Waals surface area contributed by atoms with Crippen LogP contribution in [0.4, 0.5) is 0 Å². The van der Waals surface area contributed by atoms with Crippen LogP contribution in [0.2, 0.25) is 0 Å². The average molecular weight is 235 g/mol. The van der Waals surface area contributed by atoms with Crippen LogP contribution in [0.5, 0.6) is 5.75 Å². The Morgan fingerprint density at radius 3 is 2.47 bits per heavy atom. The van der Waals surface area contributed by atoms with Crippen LogP contribution < -0.4 is 10.1 Å². The molecule has 0 aliphatic rings. The summed E-state index contributed by atoms with van der Waals surface area (Å²) in [5.74, 6) is 2.21. The van der Waals surface area contributed by atoms with Gasteiger partial charge in [-0.25, -0.2) is 0 Å². The van der Waals surface area contributed by atoms with Crippen LogP contribution in [-0.2, 0) is 0 Å². The van der Waals surface area contributed by atoms with Crippen molar-refractivity contribution in [3.8, 4) is 5.75 Å². The highest BCUT2D eigenvalue weighted by Crippen LogP contribution is 2.29. The zero-order valence-corrected chi connectivity index (χ0v) is 11.7. The molecule has 2 unspecified atom stereocenters. The van der Waals surface area contributed by atoms with Gasteiger partial charge in [-0.15, -0.1) is 0 Å². The number of ether oxygens (including phenoxy) is 1. The monoisotopic (exact) mass is 235 g/mol. The zero-order valence-electron chi connectivity index (χ0n) is 11.7. The molecule has 0 amide bonds. The molecule has 1 N–H and O–H groups in total. The van der Waals surface area contributed by atoms with Gasteiger partial charge in [-0.1, -0.05) is 32.9 Å². The van der Waals surface area contributed by atoms with Gasteiger partial charge in [0, 0.05) is 6.04 Å². The molecular weight excluding hydrogens is 210 g/mol. The molecule has 17 heavy (non-hydrogen) atoms. The van der Waals surface area contributed by atoms with E-state index in [0.717, 1.165) is 5.75 Å². The van der Waals surface area contributed by atoms with Gasteiger partial charge in [-0.2, -0.15) is 0 Å². The van der Waals surface area contributed by atoms with Crippen molar-refractivity contribution < 1.29 is 4.74 Å². The molecule has 0 aliphatic carbocycles. The SMILES string of the molecule is CCOc1cccc(C(NC)C(C)C(C)C)c1. The molecule has 2 nitrogen and oxygen atoms in total. The van der Waals surface area contributed by atoms with E-state index in [1.807, 2.05) is 20.0 Å². The first-order chi connectivity index (χ1) is 8.10. The Balaban J connectivity index is 2.91.